The highest BCUT2D eigenvalue weighted by Crippen LogP contribution is 2.41. The highest BCUT2D eigenvalue weighted by Gasteiger charge is 2.30. The van der Waals surface area contributed by atoms with E-state index < -0.39 is 36.3 Å². The Morgan fingerprint density at radius 3 is 2.29 bits per heavy atom. The van der Waals surface area contributed by atoms with Crippen LogP contribution in [0.2, 0.25) is 0 Å². The zero-order valence-corrected chi connectivity index (χ0v) is 19.7. The SMILES string of the molecule is CC(C)n1c(CC[C@@H](O)C[C@@H](O)CC(=O)O)c(-c2ccc(F)cc2)c(-c2ccccn2)c1C(N)=O. The van der Waals surface area contributed by atoms with Crippen molar-refractivity contribution in [3.63, 3.8) is 0 Å². The van der Waals surface area contributed by atoms with Gasteiger partial charge >= 0.3 is 5.97 Å². The number of hydrogen-bond donors (Lipinski definition) is 4. The van der Waals surface area contributed by atoms with Crippen molar-refractivity contribution in [2.45, 2.75) is 57.8 Å². The molecule has 1 amide bonds. The van der Waals surface area contributed by atoms with Gasteiger partial charge in [-0.15, -0.1) is 0 Å². The number of aliphatic hydroxyl groups is 2. The van der Waals surface area contributed by atoms with Gasteiger partial charge in [0, 0.05) is 29.1 Å². The number of carbonyl (C=O) groups is 2. The highest BCUT2D eigenvalue weighted by atomic mass is 19.1. The molecule has 9 heteroatoms. The van der Waals surface area contributed by atoms with Crippen LogP contribution in [0.3, 0.4) is 0 Å². The second-order valence-electron chi connectivity index (χ2n) is 8.78. The molecule has 5 N–H and O–H groups in total. The number of aliphatic carboxylic acids is 1. The number of carbonyl (C=O) groups excluding carboxylic acids is 1. The summed E-state index contributed by atoms with van der Waals surface area (Å²) in [4.78, 5) is 28.0. The number of aromatic nitrogens is 2. The number of hydrogen-bond acceptors (Lipinski definition) is 5. The lowest BCUT2D eigenvalue weighted by Crippen LogP contribution is -2.23. The van der Waals surface area contributed by atoms with E-state index in [0.717, 1.165) is 0 Å². The van der Waals surface area contributed by atoms with Crippen LogP contribution in [-0.4, -0.2) is 49.0 Å². The Hall–Kier alpha value is -3.56. The van der Waals surface area contributed by atoms with E-state index in [1.54, 1.807) is 36.5 Å². The number of aliphatic hydroxyl groups excluding tert-OH is 2. The number of carboxylic acids is 1. The maximum absolute atomic E-state index is 13.7. The van der Waals surface area contributed by atoms with Gasteiger partial charge in [0.1, 0.15) is 11.5 Å². The third-order valence-electron chi connectivity index (χ3n) is 5.78. The van der Waals surface area contributed by atoms with E-state index in [-0.39, 0.29) is 24.6 Å². The van der Waals surface area contributed by atoms with Gasteiger partial charge in [-0.05, 0) is 62.9 Å². The van der Waals surface area contributed by atoms with Crippen LogP contribution in [0.1, 0.15) is 55.3 Å². The summed E-state index contributed by atoms with van der Waals surface area (Å²) in [5, 5.41) is 29.3. The maximum atomic E-state index is 13.7. The van der Waals surface area contributed by atoms with Gasteiger partial charge in [-0.3, -0.25) is 14.6 Å². The fourth-order valence-electron chi connectivity index (χ4n) is 4.40. The minimum Gasteiger partial charge on any atom is -0.481 e. The molecule has 0 aliphatic rings. The predicted molar refractivity (Wildman–Crippen MR) is 129 cm³/mol. The molecule has 0 aliphatic heterocycles. The summed E-state index contributed by atoms with van der Waals surface area (Å²) in [6, 6.07) is 11.0. The fourth-order valence-corrected chi connectivity index (χ4v) is 4.40. The largest absolute Gasteiger partial charge is 0.481 e. The molecule has 0 bridgehead atoms. The molecule has 2 atom stereocenters. The van der Waals surface area contributed by atoms with Crippen molar-refractivity contribution in [3.8, 4) is 22.4 Å². The summed E-state index contributed by atoms with van der Waals surface area (Å²) in [5.74, 6) is -2.20. The normalized spacial score (nSPS) is 13.1. The summed E-state index contributed by atoms with van der Waals surface area (Å²) in [7, 11) is 0. The Balaban J connectivity index is 2.16. The van der Waals surface area contributed by atoms with Gasteiger partial charge in [-0.2, -0.15) is 0 Å². The van der Waals surface area contributed by atoms with E-state index in [0.29, 0.717) is 34.5 Å². The van der Waals surface area contributed by atoms with Crippen molar-refractivity contribution in [1.29, 1.82) is 0 Å². The number of carboxylic acid groups (broad SMARTS) is 1. The van der Waals surface area contributed by atoms with Crippen molar-refractivity contribution < 1.29 is 29.3 Å². The van der Waals surface area contributed by atoms with Crippen molar-refractivity contribution in [2.75, 3.05) is 0 Å². The van der Waals surface area contributed by atoms with Crippen LogP contribution in [0.5, 0.6) is 0 Å². The minimum absolute atomic E-state index is 0.101. The first-order valence-electron chi connectivity index (χ1n) is 11.4. The summed E-state index contributed by atoms with van der Waals surface area (Å²) >= 11 is 0. The molecule has 0 unspecified atom stereocenters. The van der Waals surface area contributed by atoms with Gasteiger partial charge in [0.25, 0.3) is 5.91 Å². The Morgan fingerprint density at radius 2 is 1.74 bits per heavy atom. The molecule has 0 aliphatic carbocycles. The van der Waals surface area contributed by atoms with Crippen LogP contribution in [-0.2, 0) is 11.2 Å². The molecule has 35 heavy (non-hydrogen) atoms. The molecule has 2 heterocycles. The molecule has 8 nitrogen and oxygen atoms in total. The van der Waals surface area contributed by atoms with E-state index >= 15 is 0 Å². The molecule has 0 saturated carbocycles. The van der Waals surface area contributed by atoms with E-state index in [2.05, 4.69) is 4.98 Å². The summed E-state index contributed by atoms with van der Waals surface area (Å²) in [6.45, 7) is 3.80. The summed E-state index contributed by atoms with van der Waals surface area (Å²) in [6.07, 6.45) is -0.626. The first-order valence-corrected chi connectivity index (χ1v) is 11.4. The quantitative estimate of drug-likeness (QED) is 0.329. The van der Waals surface area contributed by atoms with E-state index in [1.165, 1.54) is 12.1 Å². The third-order valence-corrected chi connectivity index (χ3v) is 5.78. The number of nitrogens with zero attached hydrogens (tertiary/aromatic N) is 2. The number of primary amides is 1. The van der Waals surface area contributed by atoms with Gasteiger partial charge in [0.05, 0.1) is 24.3 Å². The van der Waals surface area contributed by atoms with Crippen LogP contribution in [0.25, 0.3) is 22.4 Å². The minimum atomic E-state index is -1.18. The van der Waals surface area contributed by atoms with Crippen molar-refractivity contribution >= 4 is 11.9 Å². The number of nitrogens with two attached hydrogens (primary N) is 1. The zero-order valence-electron chi connectivity index (χ0n) is 19.7. The zero-order chi connectivity index (χ0) is 25.7. The first kappa shape index (κ1) is 26.1. The Labute approximate surface area is 202 Å². The third kappa shape index (κ3) is 6.12. The number of halogens is 1. The lowest BCUT2D eigenvalue weighted by Gasteiger charge is -2.19. The Morgan fingerprint density at radius 1 is 1.06 bits per heavy atom. The number of benzene rings is 1. The monoisotopic (exact) mass is 483 g/mol. The second-order valence-corrected chi connectivity index (χ2v) is 8.78. The van der Waals surface area contributed by atoms with Gasteiger partial charge < -0.3 is 25.6 Å². The Bertz CT molecular complexity index is 1180. The van der Waals surface area contributed by atoms with Crippen LogP contribution in [0.15, 0.2) is 48.7 Å². The highest BCUT2D eigenvalue weighted by molar-refractivity contribution is 6.04. The maximum Gasteiger partial charge on any atom is 0.305 e. The van der Waals surface area contributed by atoms with Gasteiger partial charge in [0.2, 0.25) is 0 Å². The van der Waals surface area contributed by atoms with Crippen molar-refractivity contribution in [3.05, 3.63) is 65.9 Å². The molecule has 186 valence electrons. The first-order chi connectivity index (χ1) is 16.6. The van der Waals surface area contributed by atoms with Gasteiger partial charge in [-0.1, -0.05) is 18.2 Å². The molecule has 3 rings (SSSR count). The molecular formula is C26H30FN3O5. The van der Waals surface area contributed by atoms with Crippen molar-refractivity contribution in [2.24, 2.45) is 5.73 Å². The lowest BCUT2D eigenvalue weighted by molar-refractivity contribution is -0.139. The van der Waals surface area contributed by atoms with Gasteiger partial charge in [-0.25, -0.2) is 4.39 Å². The van der Waals surface area contributed by atoms with Crippen LogP contribution in [0.4, 0.5) is 4.39 Å². The summed E-state index contributed by atoms with van der Waals surface area (Å²) < 4.78 is 15.6. The molecule has 0 radical (unpaired) electrons. The van der Waals surface area contributed by atoms with Crippen LogP contribution >= 0.6 is 0 Å². The molecule has 3 aromatic rings. The number of amides is 1. The average molecular weight is 484 g/mol. The van der Waals surface area contributed by atoms with E-state index in [4.69, 9.17) is 10.8 Å². The van der Waals surface area contributed by atoms with Crippen LogP contribution in [0, 0.1) is 5.82 Å². The fraction of sp³-hybridized carbons (Fsp3) is 0.346. The van der Waals surface area contributed by atoms with Gasteiger partial charge in [0.15, 0.2) is 0 Å². The van der Waals surface area contributed by atoms with E-state index in [1.807, 2.05) is 18.4 Å². The lowest BCUT2D eigenvalue weighted by atomic mass is 9.94. The van der Waals surface area contributed by atoms with Crippen LogP contribution < -0.4 is 5.73 Å². The molecule has 0 spiro atoms. The number of pyridine rings is 1. The Kier molecular flexibility index (Phi) is 8.37. The molecule has 0 saturated heterocycles. The molecule has 2 aromatic heterocycles. The predicted octanol–water partition coefficient (Wildman–Crippen LogP) is 3.56. The number of rotatable bonds is 11. The molecule has 0 fully saturated rings. The second kappa shape index (κ2) is 11.2. The standard InChI is InChI=1S/C26H30FN3O5/c1-15(2)30-21(11-10-18(31)13-19(32)14-22(33)34)23(16-6-8-17(27)9-7-16)24(25(30)26(28)35)20-5-3-4-12-29-20/h3-9,12,15,18-19,31-32H,10-11,13-14H2,1-2H3,(H2,28,35)(H,33,34)/t18-,19-/m1/s1. The van der Waals surface area contributed by atoms with E-state index in [9.17, 15) is 24.2 Å². The topological polar surface area (TPSA) is 139 Å². The summed E-state index contributed by atoms with van der Waals surface area (Å²) in [5.41, 5.74) is 9.18. The molecular weight excluding hydrogens is 453 g/mol. The smallest absolute Gasteiger partial charge is 0.305 e. The van der Waals surface area contributed by atoms with Crippen molar-refractivity contribution in [1.82, 2.24) is 9.55 Å². The average Bonchev–Trinajstić information content (AvgIpc) is 3.14. The molecule has 1 aromatic carbocycles.